The van der Waals surface area contributed by atoms with Gasteiger partial charge in [0.25, 0.3) is 5.91 Å². The zero-order valence-corrected chi connectivity index (χ0v) is 15.8. The van der Waals surface area contributed by atoms with Crippen LogP contribution in [0, 0.1) is 19.8 Å². The fourth-order valence-electron chi connectivity index (χ4n) is 3.58. The first-order chi connectivity index (χ1) is 12.3. The van der Waals surface area contributed by atoms with Crippen molar-refractivity contribution in [2.45, 2.75) is 38.7 Å². The van der Waals surface area contributed by atoms with Gasteiger partial charge in [0.1, 0.15) is 5.82 Å². The normalized spacial score (nSPS) is 22.4. The van der Waals surface area contributed by atoms with Crippen molar-refractivity contribution in [3.8, 4) is 0 Å². The number of rotatable bonds is 5. The lowest BCUT2D eigenvalue weighted by molar-refractivity contribution is 0.0916. The minimum atomic E-state index is -0.452. The Labute approximate surface area is 153 Å². The van der Waals surface area contributed by atoms with Gasteiger partial charge in [-0.05, 0) is 38.3 Å². The number of carbonyl (C=O) groups excluding carboxylic acids is 1. The summed E-state index contributed by atoms with van der Waals surface area (Å²) in [6.45, 7) is 4.40. The third-order valence-electron chi connectivity index (χ3n) is 5.09. The van der Waals surface area contributed by atoms with Crippen molar-refractivity contribution in [2.75, 3.05) is 25.5 Å². The number of hydrogen-bond acceptors (Lipinski definition) is 5. The molecule has 0 bridgehead atoms. The summed E-state index contributed by atoms with van der Waals surface area (Å²) in [4.78, 5) is 18.8. The van der Waals surface area contributed by atoms with Crippen molar-refractivity contribution in [3.63, 3.8) is 0 Å². The van der Waals surface area contributed by atoms with E-state index in [0.717, 1.165) is 23.4 Å². The maximum atomic E-state index is 12.4. The molecule has 7 nitrogen and oxygen atoms in total. The highest BCUT2D eigenvalue weighted by molar-refractivity contribution is 5.95. The van der Waals surface area contributed by atoms with Crippen LogP contribution in [-0.4, -0.2) is 52.9 Å². The van der Waals surface area contributed by atoms with Crippen molar-refractivity contribution in [1.29, 1.82) is 0 Å². The van der Waals surface area contributed by atoms with Gasteiger partial charge in [0, 0.05) is 38.0 Å². The number of aliphatic hydroxyl groups excluding tert-OH is 1. The SMILES string of the molecule is Cc1ccc(C(=O)NC[C@H]2C[C@H](c3nc(N(C)C)n[nH]3)C[C@H]2O)c(C)c1. The van der Waals surface area contributed by atoms with Crippen LogP contribution in [0.2, 0.25) is 0 Å². The Morgan fingerprint density at radius 1 is 1.35 bits per heavy atom. The van der Waals surface area contributed by atoms with Gasteiger partial charge >= 0.3 is 0 Å². The van der Waals surface area contributed by atoms with E-state index in [0.29, 0.717) is 24.5 Å². The summed E-state index contributed by atoms with van der Waals surface area (Å²) >= 11 is 0. The molecule has 3 atom stereocenters. The van der Waals surface area contributed by atoms with Gasteiger partial charge < -0.3 is 15.3 Å². The molecule has 1 fully saturated rings. The molecule has 0 saturated heterocycles. The standard InChI is InChI=1S/C19H27N5O2/c1-11-5-6-15(12(2)7-11)18(26)20-10-14-8-13(9-16(14)25)17-21-19(23-22-17)24(3)4/h5-7,13-14,16,25H,8-10H2,1-4H3,(H,20,26)(H,21,22,23)/t13-,14+,16+/m0/s1. The molecule has 0 radical (unpaired) electrons. The smallest absolute Gasteiger partial charge is 0.251 e. The molecule has 2 aromatic rings. The van der Waals surface area contributed by atoms with E-state index in [1.165, 1.54) is 0 Å². The van der Waals surface area contributed by atoms with Crippen molar-refractivity contribution in [1.82, 2.24) is 20.5 Å². The largest absolute Gasteiger partial charge is 0.393 e. The predicted octanol–water partition coefficient (Wildman–Crippen LogP) is 1.77. The number of aliphatic hydroxyl groups is 1. The van der Waals surface area contributed by atoms with Gasteiger partial charge in [0.2, 0.25) is 5.95 Å². The van der Waals surface area contributed by atoms with Gasteiger partial charge in [-0.2, -0.15) is 4.98 Å². The van der Waals surface area contributed by atoms with Crippen LogP contribution in [-0.2, 0) is 0 Å². The fraction of sp³-hybridized carbons (Fsp3) is 0.526. The van der Waals surface area contributed by atoms with E-state index in [4.69, 9.17) is 0 Å². The van der Waals surface area contributed by atoms with E-state index in [-0.39, 0.29) is 17.7 Å². The summed E-state index contributed by atoms with van der Waals surface area (Å²) in [6.07, 6.45) is 0.954. The summed E-state index contributed by atoms with van der Waals surface area (Å²) in [5, 5.41) is 20.5. The Balaban J connectivity index is 1.59. The molecule has 26 heavy (non-hydrogen) atoms. The molecular formula is C19H27N5O2. The van der Waals surface area contributed by atoms with Gasteiger partial charge in [-0.1, -0.05) is 17.7 Å². The molecule has 1 saturated carbocycles. The summed E-state index contributed by atoms with van der Waals surface area (Å²) < 4.78 is 0. The first-order valence-corrected chi connectivity index (χ1v) is 8.98. The fourth-order valence-corrected chi connectivity index (χ4v) is 3.58. The van der Waals surface area contributed by atoms with Gasteiger partial charge in [0.15, 0.2) is 0 Å². The maximum Gasteiger partial charge on any atom is 0.251 e. The first-order valence-electron chi connectivity index (χ1n) is 8.98. The van der Waals surface area contributed by atoms with Crippen LogP contribution in [0.5, 0.6) is 0 Å². The highest BCUT2D eigenvalue weighted by Gasteiger charge is 2.35. The number of hydrogen-bond donors (Lipinski definition) is 3. The second-order valence-electron chi connectivity index (χ2n) is 7.44. The third kappa shape index (κ3) is 3.88. The minimum Gasteiger partial charge on any atom is -0.393 e. The van der Waals surface area contributed by atoms with Gasteiger partial charge in [-0.25, -0.2) is 0 Å². The number of aromatic nitrogens is 3. The number of anilines is 1. The molecule has 1 aromatic heterocycles. The molecular weight excluding hydrogens is 330 g/mol. The monoisotopic (exact) mass is 357 g/mol. The quantitative estimate of drug-likeness (QED) is 0.758. The van der Waals surface area contributed by atoms with Gasteiger partial charge in [-0.15, -0.1) is 5.10 Å². The summed E-state index contributed by atoms with van der Waals surface area (Å²) in [6, 6.07) is 5.79. The van der Waals surface area contributed by atoms with Crippen LogP contribution in [0.4, 0.5) is 5.95 Å². The lowest BCUT2D eigenvalue weighted by Crippen LogP contribution is -2.32. The minimum absolute atomic E-state index is 0.0163. The second-order valence-corrected chi connectivity index (χ2v) is 7.44. The van der Waals surface area contributed by atoms with Crippen LogP contribution in [0.1, 0.15) is 46.1 Å². The average Bonchev–Trinajstić information content (AvgIpc) is 3.19. The van der Waals surface area contributed by atoms with E-state index in [1.54, 1.807) is 0 Å². The Kier molecular flexibility index (Phi) is 5.27. The lowest BCUT2D eigenvalue weighted by atomic mass is 10.0. The first kappa shape index (κ1) is 18.4. The second kappa shape index (κ2) is 7.45. The Bertz CT molecular complexity index is 786. The van der Waals surface area contributed by atoms with Crippen LogP contribution >= 0.6 is 0 Å². The summed E-state index contributed by atoms with van der Waals surface area (Å²) in [5.74, 6) is 1.50. The number of benzene rings is 1. The molecule has 1 amide bonds. The zero-order chi connectivity index (χ0) is 18.8. The van der Waals surface area contributed by atoms with Crippen LogP contribution < -0.4 is 10.2 Å². The third-order valence-corrected chi connectivity index (χ3v) is 5.09. The van der Waals surface area contributed by atoms with Crippen molar-refractivity contribution in [3.05, 3.63) is 40.7 Å². The number of H-pyrrole nitrogens is 1. The van der Waals surface area contributed by atoms with Crippen LogP contribution in [0.3, 0.4) is 0 Å². The zero-order valence-electron chi connectivity index (χ0n) is 15.8. The Morgan fingerprint density at radius 3 is 2.77 bits per heavy atom. The Hall–Kier alpha value is -2.41. The highest BCUT2D eigenvalue weighted by atomic mass is 16.3. The average molecular weight is 357 g/mol. The van der Waals surface area contributed by atoms with E-state index < -0.39 is 6.10 Å². The van der Waals surface area contributed by atoms with Crippen LogP contribution in [0.15, 0.2) is 18.2 Å². The maximum absolute atomic E-state index is 12.4. The number of carbonyl (C=O) groups is 1. The van der Waals surface area contributed by atoms with E-state index in [9.17, 15) is 9.90 Å². The molecule has 3 rings (SSSR count). The summed E-state index contributed by atoms with van der Waals surface area (Å²) in [5.41, 5.74) is 2.79. The van der Waals surface area contributed by atoms with Crippen molar-refractivity contribution in [2.24, 2.45) is 5.92 Å². The van der Waals surface area contributed by atoms with Crippen molar-refractivity contribution < 1.29 is 9.90 Å². The number of nitrogens with one attached hydrogen (secondary N) is 2. The summed E-state index contributed by atoms with van der Waals surface area (Å²) in [7, 11) is 3.78. The molecule has 1 aromatic carbocycles. The molecule has 140 valence electrons. The molecule has 0 unspecified atom stereocenters. The van der Waals surface area contributed by atoms with Gasteiger partial charge in [-0.3, -0.25) is 9.89 Å². The van der Waals surface area contributed by atoms with Crippen molar-refractivity contribution >= 4 is 11.9 Å². The van der Waals surface area contributed by atoms with E-state index in [2.05, 4.69) is 20.5 Å². The van der Waals surface area contributed by atoms with E-state index >= 15 is 0 Å². The molecule has 0 aliphatic heterocycles. The van der Waals surface area contributed by atoms with Gasteiger partial charge in [0.05, 0.1) is 6.10 Å². The number of amides is 1. The number of nitrogens with zero attached hydrogens (tertiary/aromatic N) is 3. The molecule has 3 N–H and O–H groups in total. The molecule has 7 heteroatoms. The Morgan fingerprint density at radius 2 is 2.12 bits per heavy atom. The molecule has 1 heterocycles. The molecule has 1 aliphatic carbocycles. The highest BCUT2D eigenvalue weighted by Crippen LogP contribution is 2.37. The van der Waals surface area contributed by atoms with E-state index in [1.807, 2.05) is 51.0 Å². The topological polar surface area (TPSA) is 94.1 Å². The lowest BCUT2D eigenvalue weighted by Gasteiger charge is -2.15. The predicted molar refractivity (Wildman–Crippen MR) is 100 cm³/mol. The number of aromatic amines is 1. The number of aryl methyl sites for hydroxylation is 2. The molecule has 0 spiro atoms. The molecule has 1 aliphatic rings. The van der Waals surface area contributed by atoms with Crippen LogP contribution in [0.25, 0.3) is 0 Å².